The fourth-order valence-corrected chi connectivity index (χ4v) is 6.55. The minimum absolute atomic E-state index is 0.326. The van der Waals surface area contributed by atoms with Crippen LogP contribution in [0.1, 0.15) is 38.8 Å². The molecule has 0 atom stereocenters. The van der Waals surface area contributed by atoms with E-state index in [1.165, 1.54) is 25.8 Å². The van der Waals surface area contributed by atoms with Crippen LogP contribution in [0.4, 0.5) is 0 Å². The quantitative estimate of drug-likeness (QED) is 0.131. The van der Waals surface area contributed by atoms with Gasteiger partial charge in [-0.3, -0.25) is 9.97 Å². The monoisotopic (exact) mass is 900 g/mol. The average molecular weight is 902 g/mol. The van der Waals surface area contributed by atoms with E-state index in [1.807, 2.05) is 60.9 Å². The van der Waals surface area contributed by atoms with E-state index in [0.29, 0.717) is 0 Å². The van der Waals surface area contributed by atoms with Gasteiger partial charge < -0.3 is 9.31 Å². The number of benzene rings is 4. The number of aryl methyl sites for hydroxylation is 2. The van der Waals surface area contributed by atoms with Crippen molar-refractivity contribution in [3.63, 3.8) is 0 Å². The highest BCUT2D eigenvalue weighted by Gasteiger charge is 2.51. The molecule has 0 bridgehead atoms. The van der Waals surface area contributed by atoms with Crippen molar-refractivity contribution in [1.29, 1.82) is 0 Å². The highest BCUT2D eigenvalue weighted by Crippen LogP contribution is 2.36. The fraction of sp³-hybridized carbons (Fsp3) is 0.190. The number of hydrogen-bond donors (Lipinski definition) is 0. The van der Waals surface area contributed by atoms with Crippen LogP contribution in [0.5, 0.6) is 0 Å². The Kier molecular flexibility index (Phi) is 12.9. The molecule has 50 heavy (non-hydrogen) atoms. The molecule has 0 saturated carbocycles. The Balaban J connectivity index is 0.000000157. The lowest BCUT2D eigenvalue weighted by molar-refractivity contribution is 0.00578. The van der Waals surface area contributed by atoms with E-state index in [2.05, 4.69) is 179 Å². The molecule has 8 heteroatoms. The molecule has 1 fully saturated rings. The lowest BCUT2D eigenvalue weighted by Crippen LogP contribution is -2.41. The van der Waals surface area contributed by atoms with Crippen molar-refractivity contribution in [2.24, 2.45) is 0 Å². The molecule has 6 aromatic rings. The van der Waals surface area contributed by atoms with Gasteiger partial charge in [0.15, 0.2) is 0 Å². The molecule has 254 valence electrons. The van der Waals surface area contributed by atoms with Crippen LogP contribution >= 0.6 is 54.5 Å². The summed E-state index contributed by atoms with van der Waals surface area (Å²) in [6.45, 7) is 12.5. The second-order valence-corrected chi connectivity index (χ2v) is 16.1. The highest BCUT2D eigenvalue weighted by molar-refractivity contribution is 14.1. The van der Waals surface area contributed by atoms with Crippen molar-refractivity contribution in [3.8, 4) is 33.6 Å². The predicted molar refractivity (Wildman–Crippen MR) is 225 cm³/mol. The number of pyridine rings is 2. The third-order valence-corrected chi connectivity index (χ3v) is 11.0. The van der Waals surface area contributed by atoms with Gasteiger partial charge in [-0.05, 0) is 146 Å². The van der Waals surface area contributed by atoms with Gasteiger partial charge in [0.1, 0.15) is 0 Å². The van der Waals surface area contributed by atoms with Crippen LogP contribution < -0.4 is 5.46 Å². The first-order valence-electron chi connectivity index (χ1n) is 16.4. The van der Waals surface area contributed by atoms with Crippen LogP contribution in [0.2, 0.25) is 0 Å². The van der Waals surface area contributed by atoms with E-state index in [4.69, 9.17) is 9.31 Å². The van der Waals surface area contributed by atoms with Gasteiger partial charge in [0.05, 0.1) is 22.6 Å². The highest BCUT2D eigenvalue weighted by atomic mass is 127. The van der Waals surface area contributed by atoms with Crippen molar-refractivity contribution in [3.05, 3.63) is 157 Å². The molecular weight excluding hydrogens is 862 g/mol. The minimum Gasteiger partial charge on any atom is -0.399 e. The summed E-state index contributed by atoms with van der Waals surface area (Å²) in [5.41, 5.74) is 9.55. The predicted octanol–water partition coefficient (Wildman–Crippen LogP) is 11.9. The van der Waals surface area contributed by atoms with Gasteiger partial charge in [0.25, 0.3) is 0 Å². The molecule has 0 unspecified atom stereocenters. The van der Waals surface area contributed by atoms with Gasteiger partial charge in [-0.1, -0.05) is 98.6 Å². The molecule has 0 spiro atoms. The van der Waals surface area contributed by atoms with Gasteiger partial charge in [-0.25, -0.2) is 0 Å². The number of nitrogens with zero attached hydrogens (tertiary/aromatic N) is 2. The largest absolute Gasteiger partial charge is 0.494 e. The molecule has 7 rings (SSSR count). The van der Waals surface area contributed by atoms with Crippen molar-refractivity contribution in [2.45, 2.75) is 52.7 Å². The van der Waals surface area contributed by atoms with Crippen molar-refractivity contribution in [2.75, 3.05) is 0 Å². The molecule has 0 amide bonds. The van der Waals surface area contributed by atoms with E-state index in [9.17, 15) is 0 Å². The summed E-state index contributed by atoms with van der Waals surface area (Å²) in [6.07, 6.45) is 3.68. The molecule has 4 aromatic carbocycles. The number of halogens is 3. The van der Waals surface area contributed by atoms with Crippen LogP contribution in [-0.4, -0.2) is 28.3 Å². The van der Waals surface area contributed by atoms with Crippen LogP contribution in [0.3, 0.4) is 0 Å². The van der Waals surface area contributed by atoms with Crippen LogP contribution in [0.15, 0.2) is 143 Å². The van der Waals surface area contributed by atoms with Crippen LogP contribution in [-0.2, 0) is 9.31 Å². The van der Waals surface area contributed by atoms with E-state index < -0.39 is 0 Å². The van der Waals surface area contributed by atoms with Crippen molar-refractivity contribution in [1.82, 2.24) is 9.97 Å². The molecule has 3 heterocycles. The van der Waals surface area contributed by atoms with E-state index >= 15 is 0 Å². The van der Waals surface area contributed by atoms with E-state index in [1.54, 1.807) is 0 Å². The maximum absolute atomic E-state index is 6.09. The molecule has 2 aromatic heterocycles. The SMILES string of the molecule is CC1(C)OB(c2ccnc(-c3ccccc3)c2)OC1(C)C.Cc1cc(Br)ccc1-c1ccnc(-c2ccccc2)c1.Cc1cc(Br)ccc1I. The third kappa shape index (κ3) is 9.79. The van der Waals surface area contributed by atoms with E-state index in [-0.39, 0.29) is 18.3 Å². The van der Waals surface area contributed by atoms with Gasteiger partial charge >= 0.3 is 7.12 Å². The zero-order chi connectivity index (χ0) is 35.9. The Hall–Kier alpha value is -3.15. The molecule has 4 nitrogen and oxygen atoms in total. The number of aromatic nitrogens is 2. The summed E-state index contributed by atoms with van der Waals surface area (Å²) >= 11 is 9.22. The fourth-order valence-electron chi connectivity index (χ4n) is 5.26. The van der Waals surface area contributed by atoms with Gasteiger partial charge in [0, 0.05) is 36.0 Å². The Labute approximate surface area is 327 Å². The summed E-state index contributed by atoms with van der Waals surface area (Å²) < 4.78 is 15.8. The third-order valence-electron chi connectivity index (χ3n) is 8.83. The first-order chi connectivity index (χ1) is 23.8. The zero-order valence-electron chi connectivity index (χ0n) is 29.1. The molecule has 0 aliphatic carbocycles. The van der Waals surface area contributed by atoms with Gasteiger partial charge in [-0.15, -0.1) is 0 Å². The molecule has 0 radical (unpaired) electrons. The van der Waals surface area contributed by atoms with Crippen LogP contribution in [0.25, 0.3) is 33.6 Å². The Bertz CT molecular complexity index is 2030. The maximum Gasteiger partial charge on any atom is 0.494 e. The summed E-state index contributed by atoms with van der Waals surface area (Å²) in [5.74, 6) is 0. The molecule has 0 N–H and O–H groups in total. The molecule has 1 aliphatic rings. The van der Waals surface area contributed by atoms with E-state index in [0.717, 1.165) is 36.9 Å². The standard InChI is InChI=1S/C18H14BrN.C17H20BNO2.C7H6BrI/c1-13-11-16(19)7-8-17(13)15-9-10-20-18(12-15)14-5-3-2-4-6-14;1-16(2)17(3,4)21-18(20-16)14-10-11-19-15(12-14)13-8-6-5-7-9-13;1-5-4-6(8)2-3-7(5)9/h2-12H,1H3;5-12H,1-4H3;2-4H,1H3. The maximum atomic E-state index is 6.09. The topological polar surface area (TPSA) is 44.2 Å². The smallest absolute Gasteiger partial charge is 0.399 e. The molecular formula is C42H40BBr2IN2O2. The van der Waals surface area contributed by atoms with Crippen molar-refractivity contribution < 1.29 is 9.31 Å². The Morgan fingerprint density at radius 1 is 0.560 bits per heavy atom. The lowest BCUT2D eigenvalue weighted by atomic mass is 9.79. The average Bonchev–Trinajstić information content (AvgIpc) is 3.34. The summed E-state index contributed by atoms with van der Waals surface area (Å²) in [4.78, 5) is 8.92. The lowest BCUT2D eigenvalue weighted by Gasteiger charge is -2.32. The second-order valence-electron chi connectivity index (χ2n) is 13.1. The second kappa shape index (κ2) is 16.9. The van der Waals surface area contributed by atoms with Gasteiger partial charge in [-0.2, -0.15) is 0 Å². The van der Waals surface area contributed by atoms with Crippen molar-refractivity contribution >= 4 is 67.0 Å². The first kappa shape index (κ1) is 38.1. The molecule has 1 aliphatic heterocycles. The first-order valence-corrected chi connectivity index (χ1v) is 19.1. The number of hydrogen-bond acceptors (Lipinski definition) is 4. The molecule has 1 saturated heterocycles. The van der Waals surface area contributed by atoms with Gasteiger partial charge in [0.2, 0.25) is 0 Å². The zero-order valence-corrected chi connectivity index (χ0v) is 34.5. The Morgan fingerprint density at radius 3 is 1.58 bits per heavy atom. The van der Waals surface area contributed by atoms with Crippen LogP contribution in [0, 0.1) is 17.4 Å². The minimum atomic E-state index is -0.347. The summed E-state index contributed by atoms with van der Waals surface area (Å²) in [7, 11) is -0.347. The summed E-state index contributed by atoms with van der Waals surface area (Å²) in [5, 5.41) is 0. The summed E-state index contributed by atoms with van der Waals surface area (Å²) in [6, 6.07) is 41.2. The Morgan fingerprint density at radius 2 is 1.06 bits per heavy atom. The normalized spacial score (nSPS) is 14.2. The number of rotatable bonds is 4.